The third kappa shape index (κ3) is 104. The van der Waals surface area contributed by atoms with Gasteiger partial charge in [-0.25, -0.2) is 0 Å². The van der Waals surface area contributed by atoms with Crippen molar-refractivity contribution in [1.82, 2.24) is 0 Å². The van der Waals surface area contributed by atoms with Crippen LogP contribution in [0.5, 0.6) is 0 Å². The third-order valence-corrected chi connectivity index (χ3v) is 0.686. The predicted molar refractivity (Wildman–Crippen MR) is 69.1 cm³/mol. The number of hydrogen-bond acceptors (Lipinski definition) is 7. The summed E-state index contributed by atoms with van der Waals surface area (Å²) in [5.41, 5.74) is 0. The molecule has 18 heavy (non-hydrogen) atoms. The number of aliphatic hydroxyl groups excluding tert-OH is 7. The minimum Gasteiger partial charge on any atom is -0.397 e. The highest BCUT2D eigenvalue weighted by Gasteiger charge is 1.93. The molecule has 0 aliphatic heterocycles. The minimum atomic E-state index is -0.954. The third-order valence-electron chi connectivity index (χ3n) is 0.686. The summed E-state index contributed by atoms with van der Waals surface area (Å²) in [5, 5.41) is 55.6. The molecule has 0 saturated heterocycles. The Kier molecular flexibility index (Phi) is 37.3. The van der Waals surface area contributed by atoms with Gasteiger partial charge in [-0.2, -0.15) is 0 Å². The van der Waals surface area contributed by atoms with Crippen molar-refractivity contribution in [3.63, 3.8) is 0 Å². The first kappa shape index (κ1) is 26.3. The van der Waals surface area contributed by atoms with E-state index in [0.717, 1.165) is 0 Å². The molecule has 0 aliphatic rings. The van der Waals surface area contributed by atoms with Crippen molar-refractivity contribution in [2.45, 2.75) is 46.0 Å². The minimum absolute atomic E-state index is 0.139. The van der Waals surface area contributed by atoms with E-state index >= 15 is 0 Å². The monoisotopic (exact) mass is 274 g/mol. The number of hydrogen-bond donors (Lipinski definition) is 7. The summed E-state index contributed by atoms with van der Waals surface area (Å²) >= 11 is 0. The molecule has 116 valence electrons. The molecule has 0 amide bonds. The second kappa shape index (κ2) is 25.5. The van der Waals surface area contributed by atoms with E-state index in [-0.39, 0.29) is 32.5 Å². The van der Waals surface area contributed by atoms with Gasteiger partial charge in [-0.05, 0) is 27.7 Å². The van der Waals surface area contributed by atoms with Gasteiger partial charge in [-0.15, -0.1) is 0 Å². The summed E-state index contributed by atoms with van der Waals surface area (Å²) in [6, 6.07) is 0. The fourth-order valence-corrected chi connectivity index (χ4v) is 0.0577. The van der Waals surface area contributed by atoms with E-state index in [0.29, 0.717) is 0 Å². The van der Waals surface area contributed by atoms with Crippen molar-refractivity contribution in [3.8, 4) is 0 Å². The first-order valence-electron chi connectivity index (χ1n) is 5.70. The van der Waals surface area contributed by atoms with Crippen molar-refractivity contribution in [1.29, 1.82) is 0 Å². The van der Waals surface area contributed by atoms with E-state index in [2.05, 4.69) is 0 Å². The van der Waals surface area contributed by atoms with E-state index in [9.17, 15) is 0 Å². The van der Waals surface area contributed by atoms with Crippen LogP contribution in [0.2, 0.25) is 0 Å². The molecular weight excluding hydrogens is 244 g/mol. The summed E-state index contributed by atoms with van der Waals surface area (Å²) in [6.45, 7) is 6.03. The Morgan fingerprint density at radius 1 is 0.722 bits per heavy atom. The van der Waals surface area contributed by atoms with Crippen molar-refractivity contribution < 1.29 is 35.7 Å². The zero-order chi connectivity index (χ0) is 15.6. The van der Waals surface area contributed by atoms with Crippen LogP contribution >= 0.6 is 0 Å². The maximum absolute atomic E-state index is 8.17. The van der Waals surface area contributed by atoms with Gasteiger partial charge in [-0.3, -0.25) is 0 Å². The molecule has 0 aliphatic carbocycles. The van der Waals surface area contributed by atoms with Crippen LogP contribution in [0.15, 0.2) is 0 Å². The van der Waals surface area contributed by atoms with E-state index in [1.807, 2.05) is 0 Å². The van der Waals surface area contributed by atoms with Gasteiger partial charge in [0.1, 0.15) is 6.10 Å². The highest BCUT2D eigenvalue weighted by Crippen LogP contribution is 1.71. The lowest BCUT2D eigenvalue weighted by molar-refractivity contribution is 0.0450. The Labute approximate surface area is 109 Å². The molecule has 1 atom stereocenters. The highest BCUT2D eigenvalue weighted by atomic mass is 16.3. The lowest BCUT2D eigenvalue weighted by Crippen LogP contribution is -2.15. The Hall–Kier alpha value is -0.280. The normalized spacial score (nSPS) is 10.5. The predicted octanol–water partition coefficient (Wildman–Crippen LogP) is -1.92. The lowest BCUT2D eigenvalue weighted by atomic mass is 10.4. The van der Waals surface area contributed by atoms with Crippen LogP contribution in [0.25, 0.3) is 0 Å². The first-order chi connectivity index (χ1) is 8.22. The average Bonchev–Trinajstić information content (AvgIpc) is 2.29. The van der Waals surface area contributed by atoms with Crippen LogP contribution < -0.4 is 0 Å². The fourth-order valence-electron chi connectivity index (χ4n) is 0.0577. The smallest absolute Gasteiger partial charge is 0.100 e. The van der Waals surface area contributed by atoms with Gasteiger partial charge in [0.2, 0.25) is 0 Å². The Bertz CT molecular complexity index is 103. The maximum atomic E-state index is 8.17. The zero-order valence-corrected chi connectivity index (χ0v) is 11.7. The average molecular weight is 274 g/mol. The molecule has 0 rings (SSSR count). The van der Waals surface area contributed by atoms with Crippen LogP contribution in [0.4, 0.5) is 0 Å². The van der Waals surface area contributed by atoms with Gasteiger partial charge in [0.25, 0.3) is 0 Å². The van der Waals surface area contributed by atoms with E-state index in [1.54, 1.807) is 20.8 Å². The maximum Gasteiger partial charge on any atom is 0.100 e. The molecule has 1 unspecified atom stereocenters. The second-order valence-corrected chi connectivity index (χ2v) is 3.46. The number of rotatable bonds is 3. The molecule has 0 aromatic rings. The summed E-state index contributed by atoms with van der Waals surface area (Å²) < 4.78 is 0. The molecule has 7 nitrogen and oxygen atoms in total. The van der Waals surface area contributed by atoms with Crippen LogP contribution in [0.1, 0.15) is 27.7 Å². The Morgan fingerprint density at radius 2 is 0.889 bits per heavy atom. The van der Waals surface area contributed by atoms with Crippen molar-refractivity contribution >= 4 is 0 Å². The van der Waals surface area contributed by atoms with Crippen LogP contribution in [-0.4, -0.2) is 80.5 Å². The fraction of sp³-hybridized carbons (Fsp3) is 1.00. The molecule has 0 spiro atoms. The van der Waals surface area contributed by atoms with Crippen molar-refractivity contribution in [3.05, 3.63) is 0 Å². The Balaban J connectivity index is -0.0000000750. The van der Waals surface area contributed by atoms with Gasteiger partial charge in [0.15, 0.2) is 0 Å². The summed E-state index contributed by atoms with van der Waals surface area (Å²) in [7, 11) is 0. The van der Waals surface area contributed by atoms with Gasteiger partial charge in [0, 0.05) is 12.7 Å². The van der Waals surface area contributed by atoms with Gasteiger partial charge in [0.05, 0.1) is 25.9 Å². The van der Waals surface area contributed by atoms with E-state index < -0.39 is 12.2 Å². The molecule has 7 N–H and O–H groups in total. The molecular formula is C11H30O7. The van der Waals surface area contributed by atoms with Crippen molar-refractivity contribution in [2.75, 3.05) is 26.4 Å². The number of aliphatic hydroxyl groups is 7. The first-order valence-corrected chi connectivity index (χ1v) is 5.70. The van der Waals surface area contributed by atoms with Crippen LogP contribution in [-0.2, 0) is 0 Å². The molecule has 0 heterocycles. The summed E-state index contributed by atoms with van der Waals surface area (Å²) in [5.74, 6) is 0. The van der Waals surface area contributed by atoms with Gasteiger partial charge < -0.3 is 35.7 Å². The Morgan fingerprint density at radius 3 is 0.889 bits per heavy atom. The van der Waals surface area contributed by atoms with E-state index in [1.165, 1.54) is 6.92 Å². The highest BCUT2D eigenvalue weighted by molar-refractivity contribution is 4.44. The molecule has 0 radical (unpaired) electrons. The van der Waals surface area contributed by atoms with Crippen LogP contribution in [0, 0.1) is 0 Å². The molecule has 0 saturated carbocycles. The molecule has 0 bridgehead atoms. The second-order valence-electron chi connectivity index (χ2n) is 3.46. The molecule has 7 heteroatoms. The van der Waals surface area contributed by atoms with Gasteiger partial charge >= 0.3 is 0 Å². The topological polar surface area (TPSA) is 142 Å². The largest absolute Gasteiger partial charge is 0.397 e. The van der Waals surface area contributed by atoms with Crippen molar-refractivity contribution in [2.24, 2.45) is 0 Å². The van der Waals surface area contributed by atoms with E-state index in [4.69, 9.17) is 35.7 Å². The molecule has 0 fully saturated rings. The van der Waals surface area contributed by atoms with Gasteiger partial charge in [-0.1, -0.05) is 0 Å². The summed E-state index contributed by atoms with van der Waals surface area (Å²) in [4.78, 5) is 0. The summed E-state index contributed by atoms with van der Waals surface area (Å²) in [6.07, 6.45) is -1.68. The van der Waals surface area contributed by atoms with Crippen LogP contribution in [0.3, 0.4) is 0 Å². The SMILES string of the molecule is CC(C)O.CC(O)CO.CCO.OCC(O)CO. The standard InChI is InChI=1S/C3H8O3.C3H8O2.C3H8O.C2H6O/c4-1-3(6)2-5;1-3(5)2-4;1-3(2)4;1-2-3/h3-6H,1-2H2;3-5H,2H2,1H3;3-4H,1-2H3;3H,2H2,1H3. The lowest BCUT2D eigenvalue weighted by Gasteiger charge is -1.96. The molecule has 0 aromatic carbocycles. The quantitative estimate of drug-likeness (QED) is 0.318. The zero-order valence-electron chi connectivity index (χ0n) is 11.7. The molecule has 0 aromatic heterocycles.